The third-order valence-corrected chi connectivity index (χ3v) is 2.59. The third kappa shape index (κ3) is 9.71. The van der Waals surface area contributed by atoms with Crippen LogP contribution in [-0.2, 0) is 14.4 Å². The minimum Gasteiger partial charge on any atom is -0.356 e. The monoisotopic (exact) mass is 245 g/mol. The molecule has 0 saturated carbocycles. The second-order valence-electron chi connectivity index (χ2n) is 4.02. The summed E-state index contributed by atoms with van der Waals surface area (Å²) in [6, 6.07) is 0. The molecular formula is C11H19NO3S. The smallest absolute Gasteiger partial charge is 0.216 e. The van der Waals surface area contributed by atoms with Crippen LogP contribution in [0.2, 0.25) is 0 Å². The van der Waals surface area contributed by atoms with Crippen LogP contribution in [0.15, 0.2) is 0 Å². The predicted molar refractivity (Wildman–Crippen MR) is 65.2 cm³/mol. The Labute approximate surface area is 101 Å². The molecule has 0 radical (unpaired) electrons. The van der Waals surface area contributed by atoms with Crippen molar-refractivity contribution in [3.8, 4) is 0 Å². The lowest BCUT2D eigenvalue weighted by molar-refractivity contribution is -0.124. The maximum atomic E-state index is 11.3. The molecular weight excluding hydrogens is 226 g/mol. The van der Waals surface area contributed by atoms with Gasteiger partial charge in [0.2, 0.25) is 5.91 Å². The van der Waals surface area contributed by atoms with Crippen molar-refractivity contribution in [1.29, 1.82) is 0 Å². The van der Waals surface area contributed by atoms with E-state index in [0.29, 0.717) is 24.6 Å². The maximum Gasteiger partial charge on any atom is 0.216 e. The van der Waals surface area contributed by atoms with Crippen LogP contribution < -0.4 is 5.32 Å². The number of nitrogens with one attached hydrogen (secondary N) is 1. The van der Waals surface area contributed by atoms with Crippen molar-refractivity contribution in [2.24, 2.45) is 5.92 Å². The SMILES string of the molecule is CC(=O)NCCSC(=O)CC(=O)CC(C)C. The molecule has 92 valence electrons. The summed E-state index contributed by atoms with van der Waals surface area (Å²) in [5.74, 6) is 0.702. The van der Waals surface area contributed by atoms with E-state index in [2.05, 4.69) is 5.32 Å². The van der Waals surface area contributed by atoms with Crippen molar-refractivity contribution >= 4 is 28.6 Å². The second kappa shape index (κ2) is 8.33. The van der Waals surface area contributed by atoms with Crippen LogP contribution in [0.25, 0.3) is 0 Å². The molecule has 0 saturated heterocycles. The first-order chi connectivity index (χ1) is 7.41. The quantitative estimate of drug-likeness (QED) is 0.544. The van der Waals surface area contributed by atoms with Gasteiger partial charge in [-0.2, -0.15) is 0 Å². The molecule has 0 fully saturated rings. The van der Waals surface area contributed by atoms with Crippen LogP contribution in [0.1, 0.15) is 33.6 Å². The summed E-state index contributed by atoms with van der Waals surface area (Å²) in [6.07, 6.45) is 0.459. The van der Waals surface area contributed by atoms with Gasteiger partial charge in [-0.25, -0.2) is 0 Å². The lowest BCUT2D eigenvalue weighted by atomic mass is 10.1. The molecule has 0 aliphatic carbocycles. The van der Waals surface area contributed by atoms with Crippen LogP contribution >= 0.6 is 11.8 Å². The van der Waals surface area contributed by atoms with Gasteiger partial charge in [-0.15, -0.1) is 0 Å². The summed E-state index contributed by atoms with van der Waals surface area (Å²) < 4.78 is 0. The van der Waals surface area contributed by atoms with E-state index in [1.54, 1.807) is 0 Å². The molecule has 0 aromatic heterocycles. The fourth-order valence-electron chi connectivity index (χ4n) is 1.13. The number of ketones is 1. The highest BCUT2D eigenvalue weighted by molar-refractivity contribution is 8.13. The molecule has 0 rings (SSSR count). The molecule has 5 heteroatoms. The van der Waals surface area contributed by atoms with Crippen LogP contribution in [0, 0.1) is 5.92 Å². The number of amides is 1. The van der Waals surface area contributed by atoms with E-state index in [9.17, 15) is 14.4 Å². The molecule has 0 spiro atoms. The Bertz CT molecular complexity index is 264. The normalized spacial score (nSPS) is 10.2. The number of Topliss-reactive ketones (excluding diaryl/α,β-unsaturated/α-hetero) is 1. The Kier molecular flexibility index (Phi) is 7.89. The highest BCUT2D eigenvalue weighted by Crippen LogP contribution is 2.09. The summed E-state index contributed by atoms with van der Waals surface area (Å²) in [5, 5.41) is 2.47. The maximum absolute atomic E-state index is 11.3. The van der Waals surface area contributed by atoms with Gasteiger partial charge in [-0.1, -0.05) is 25.6 Å². The zero-order valence-corrected chi connectivity index (χ0v) is 10.9. The number of hydrogen-bond acceptors (Lipinski definition) is 4. The van der Waals surface area contributed by atoms with Crippen molar-refractivity contribution in [3.63, 3.8) is 0 Å². The first-order valence-corrected chi connectivity index (χ1v) is 6.32. The van der Waals surface area contributed by atoms with E-state index in [0.717, 1.165) is 11.8 Å². The van der Waals surface area contributed by atoms with E-state index in [1.165, 1.54) is 6.92 Å². The molecule has 0 aromatic carbocycles. The minimum absolute atomic E-state index is 0.00289. The molecule has 1 amide bonds. The molecule has 0 aliphatic rings. The van der Waals surface area contributed by atoms with Crippen molar-refractivity contribution < 1.29 is 14.4 Å². The summed E-state index contributed by atoms with van der Waals surface area (Å²) >= 11 is 1.10. The number of thioether (sulfide) groups is 1. The van der Waals surface area contributed by atoms with Gasteiger partial charge in [0.05, 0.1) is 6.42 Å². The Morgan fingerprint density at radius 3 is 2.38 bits per heavy atom. The Morgan fingerprint density at radius 2 is 1.88 bits per heavy atom. The first-order valence-electron chi connectivity index (χ1n) is 5.33. The van der Waals surface area contributed by atoms with Gasteiger partial charge in [-0.05, 0) is 5.92 Å². The first kappa shape index (κ1) is 15.2. The number of carbonyl (C=O) groups excluding carboxylic acids is 3. The zero-order valence-electron chi connectivity index (χ0n) is 10.0. The average molecular weight is 245 g/mol. The van der Waals surface area contributed by atoms with Crippen molar-refractivity contribution in [2.75, 3.05) is 12.3 Å². The molecule has 0 aliphatic heterocycles. The van der Waals surface area contributed by atoms with Crippen LogP contribution in [-0.4, -0.2) is 29.1 Å². The van der Waals surface area contributed by atoms with Gasteiger partial charge in [0.15, 0.2) is 5.12 Å². The predicted octanol–water partition coefficient (Wildman–Crippen LogP) is 1.39. The van der Waals surface area contributed by atoms with Crippen molar-refractivity contribution in [1.82, 2.24) is 5.32 Å². The van der Waals surface area contributed by atoms with Gasteiger partial charge >= 0.3 is 0 Å². The molecule has 4 nitrogen and oxygen atoms in total. The minimum atomic E-state index is -0.115. The molecule has 0 heterocycles. The summed E-state index contributed by atoms with van der Waals surface area (Å²) in [6.45, 7) is 5.79. The molecule has 1 N–H and O–H groups in total. The van der Waals surface area contributed by atoms with Gasteiger partial charge < -0.3 is 5.32 Å². The molecule has 0 bridgehead atoms. The highest BCUT2D eigenvalue weighted by atomic mass is 32.2. The van der Waals surface area contributed by atoms with Gasteiger partial charge in [0.25, 0.3) is 0 Å². The van der Waals surface area contributed by atoms with E-state index in [-0.39, 0.29) is 23.2 Å². The number of hydrogen-bond donors (Lipinski definition) is 1. The second-order valence-corrected chi connectivity index (χ2v) is 5.17. The number of rotatable bonds is 7. The van der Waals surface area contributed by atoms with Gasteiger partial charge in [0, 0.05) is 25.6 Å². The molecule has 16 heavy (non-hydrogen) atoms. The standard InChI is InChI=1S/C11H19NO3S/c1-8(2)6-10(14)7-11(15)16-5-4-12-9(3)13/h8H,4-7H2,1-3H3,(H,12,13). The fraction of sp³-hybridized carbons (Fsp3) is 0.727. The van der Waals surface area contributed by atoms with Gasteiger partial charge in [-0.3, -0.25) is 14.4 Å². The summed E-state index contributed by atoms with van der Waals surface area (Å²) in [5.41, 5.74) is 0. The lowest BCUT2D eigenvalue weighted by Gasteiger charge is -2.03. The molecule has 0 atom stereocenters. The van der Waals surface area contributed by atoms with Gasteiger partial charge in [0.1, 0.15) is 5.78 Å². The van der Waals surface area contributed by atoms with E-state index in [4.69, 9.17) is 0 Å². The van der Waals surface area contributed by atoms with Crippen LogP contribution in [0.3, 0.4) is 0 Å². The van der Waals surface area contributed by atoms with Crippen molar-refractivity contribution in [2.45, 2.75) is 33.6 Å². The van der Waals surface area contributed by atoms with E-state index in [1.807, 2.05) is 13.8 Å². The Hall–Kier alpha value is -0.840. The zero-order chi connectivity index (χ0) is 12.6. The topological polar surface area (TPSA) is 63.2 Å². The van der Waals surface area contributed by atoms with Crippen LogP contribution in [0.5, 0.6) is 0 Å². The van der Waals surface area contributed by atoms with E-state index >= 15 is 0 Å². The fourth-order valence-corrected chi connectivity index (χ4v) is 1.83. The lowest BCUT2D eigenvalue weighted by Crippen LogP contribution is -2.23. The van der Waals surface area contributed by atoms with Crippen LogP contribution in [0.4, 0.5) is 0 Å². The van der Waals surface area contributed by atoms with E-state index < -0.39 is 0 Å². The molecule has 0 unspecified atom stereocenters. The summed E-state index contributed by atoms with van der Waals surface area (Å²) in [4.78, 5) is 33.1. The van der Waals surface area contributed by atoms with Crippen molar-refractivity contribution in [3.05, 3.63) is 0 Å². The largest absolute Gasteiger partial charge is 0.356 e. The Balaban J connectivity index is 3.58. The summed E-state index contributed by atoms with van der Waals surface area (Å²) in [7, 11) is 0. The Morgan fingerprint density at radius 1 is 1.25 bits per heavy atom. The average Bonchev–Trinajstić information content (AvgIpc) is 2.10. The third-order valence-electron chi connectivity index (χ3n) is 1.72. The highest BCUT2D eigenvalue weighted by Gasteiger charge is 2.11. The number of carbonyl (C=O) groups is 3. The molecule has 0 aromatic rings.